The predicted octanol–water partition coefficient (Wildman–Crippen LogP) is 5.46. The molecule has 0 bridgehead atoms. The first kappa shape index (κ1) is 23.5. The number of hydrogen-bond donors (Lipinski definition) is 2. The van der Waals surface area contributed by atoms with Gasteiger partial charge in [0, 0.05) is 23.2 Å². The van der Waals surface area contributed by atoms with E-state index in [-0.39, 0.29) is 18.3 Å². The van der Waals surface area contributed by atoms with Crippen LogP contribution >= 0.6 is 11.3 Å². The molecule has 2 aromatic carbocycles. The Balaban J connectivity index is 1.54. The van der Waals surface area contributed by atoms with Crippen LogP contribution < -0.4 is 10.6 Å². The zero-order chi connectivity index (χ0) is 22.8. The van der Waals surface area contributed by atoms with E-state index in [2.05, 4.69) is 40.7 Å². The normalized spacial score (nSPS) is 10.6. The molecule has 0 unspecified atom stereocenters. The molecule has 0 aliphatic rings. The van der Waals surface area contributed by atoms with Crippen molar-refractivity contribution < 1.29 is 14.3 Å². The van der Waals surface area contributed by atoms with Crippen LogP contribution in [0.5, 0.6) is 0 Å². The Labute approximate surface area is 193 Å². The Bertz CT molecular complexity index is 1030. The van der Waals surface area contributed by atoms with E-state index in [1.54, 1.807) is 12.3 Å². The minimum atomic E-state index is -0.326. The van der Waals surface area contributed by atoms with Gasteiger partial charge in [-0.1, -0.05) is 43.7 Å². The molecule has 0 saturated heterocycles. The van der Waals surface area contributed by atoms with Gasteiger partial charge in [-0.2, -0.15) is 0 Å². The molecule has 168 valence electrons. The number of aryl methyl sites for hydroxylation is 1. The second kappa shape index (κ2) is 12.0. The lowest BCUT2D eigenvalue weighted by Crippen LogP contribution is -2.12. The number of para-hydroxylation sites is 1. The van der Waals surface area contributed by atoms with E-state index in [0.29, 0.717) is 29.5 Å². The summed E-state index contributed by atoms with van der Waals surface area (Å²) in [5.74, 6) is -0.556. The number of unbranched alkanes of at least 4 members (excludes halogenated alkanes) is 1. The lowest BCUT2D eigenvalue weighted by molar-refractivity contribution is -0.142. The van der Waals surface area contributed by atoms with Gasteiger partial charge in [0.2, 0.25) is 0 Å². The summed E-state index contributed by atoms with van der Waals surface area (Å²) in [7, 11) is 0. The van der Waals surface area contributed by atoms with Crippen LogP contribution in [-0.4, -0.2) is 23.5 Å². The number of rotatable bonds is 11. The number of hydrogen-bond acceptors (Lipinski definition) is 6. The average Bonchev–Trinajstić information content (AvgIpc) is 3.23. The summed E-state index contributed by atoms with van der Waals surface area (Å²) in [4.78, 5) is 28.4. The summed E-state index contributed by atoms with van der Waals surface area (Å²) in [6, 6.07) is 15.9. The molecule has 6 nitrogen and oxygen atoms in total. The maximum Gasteiger partial charge on any atom is 0.311 e. The van der Waals surface area contributed by atoms with Gasteiger partial charge in [0.25, 0.3) is 5.91 Å². The molecule has 0 aliphatic carbocycles. The third-order valence-corrected chi connectivity index (χ3v) is 5.73. The first-order valence-corrected chi connectivity index (χ1v) is 11.8. The average molecular weight is 452 g/mol. The molecule has 0 fully saturated rings. The molecule has 1 aromatic heterocycles. The summed E-state index contributed by atoms with van der Waals surface area (Å²) in [5, 5.41) is 8.51. The third kappa shape index (κ3) is 6.92. The standard InChI is InChI=1S/C25H29N3O3S/c1-3-5-8-19-9-6-7-10-22(19)26-16-18-11-13-20(14-12-18)24(30)28-25-27-21(17-32-25)15-23(29)31-4-2/h6-7,9-14,17,26H,3-5,8,15-16H2,1-2H3,(H,27,28,30). The molecule has 0 radical (unpaired) electrons. The number of anilines is 2. The molecule has 0 atom stereocenters. The molecular weight excluding hydrogens is 422 g/mol. The van der Waals surface area contributed by atoms with Gasteiger partial charge < -0.3 is 10.1 Å². The van der Waals surface area contributed by atoms with Crippen molar-refractivity contribution in [2.45, 2.75) is 46.1 Å². The van der Waals surface area contributed by atoms with E-state index in [1.165, 1.54) is 29.7 Å². The highest BCUT2D eigenvalue weighted by Gasteiger charge is 2.12. The summed E-state index contributed by atoms with van der Waals surface area (Å²) < 4.78 is 4.92. The van der Waals surface area contributed by atoms with Gasteiger partial charge in [-0.25, -0.2) is 4.98 Å². The van der Waals surface area contributed by atoms with Crippen molar-refractivity contribution in [2.75, 3.05) is 17.2 Å². The van der Waals surface area contributed by atoms with E-state index in [4.69, 9.17) is 4.74 Å². The van der Waals surface area contributed by atoms with Crippen LogP contribution in [0.4, 0.5) is 10.8 Å². The molecule has 32 heavy (non-hydrogen) atoms. The van der Waals surface area contributed by atoms with Crippen LogP contribution in [0.1, 0.15) is 53.9 Å². The van der Waals surface area contributed by atoms with Gasteiger partial charge in [-0.15, -0.1) is 11.3 Å². The second-order valence-electron chi connectivity index (χ2n) is 7.39. The molecule has 3 rings (SSSR count). The minimum absolute atomic E-state index is 0.101. The van der Waals surface area contributed by atoms with Crippen LogP contribution in [-0.2, 0) is 28.9 Å². The fraction of sp³-hybridized carbons (Fsp3) is 0.320. The highest BCUT2D eigenvalue weighted by atomic mass is 32.1. The highest BCUT2D eigenvalue weighted by molar-refractivity contribution is 7.14. The van der Waals surface area contributed by atoms with Crippen molar-refractivity contribution in [3.63, 3.8) is 0 Å². The van der Waals surface area contributed by atoms with Crippen LogP contribution in [0.15, 0.2) is 53.9 Å². The molecule has 1 heterocycles. The fourth-order valence-electron chi connectivity index (χ4n) is 3.22. The Morgan fingerprint density at radius 3 is 2.59 bits per heavy atom. The number of carbonyl (C=O) groups excluding carboxylic acids is 2. The van der Waals surface area contributed by atoms with E-state index < -0.39 is 0 Å². The predicted molar refractivity (Wildman–Crippen MR) is 129 cm³/mol. The number of nitrogens with zero attached hydrogens (tertiary/aromatic N) is 1. The van der Waals surface area contributed by atoms with Gasteiger partial charge >= 0.3 is 5.97 Å². The first-order valence-electron chi connectivity index (χ1n) is 10.9. The number of ether oxygens (including phenoxy) is 1. The topological polar surface area (TPSA) is 80.3 Å². The van der Waals surface area contributed by atoms with Crippen LogP contribution in [0.25, 0.3) is 0 Å². The number of amides is 1. The molecule has 3 aromatic rings. The first-order chi connectivity index (χ1) is 15.6. The monoisotopic (exact) mass is 451 g/mol. The summed E-state index contributed by atoms with van der Waals surface area (Å²) in [6.45, 7) is 4.99. The van der Waals surface area contributed by atoms with E-state index in [0.717, 1.165) is 17.7 Å². The van der Waals surface area contributed by atoms with Gasteiger partial charge in [0.15, 0.2) is 5.13 Å². The Morgan fingerprint density at radius 1 is 1.06 bits per heavy atom. The molecular formula is C25H29N3O3S. The van der Waals surface area contributed by atoms with E-state index >= 15 is 0 Å². The summed E-state index contributed by atoms with van der Waals surface area (Å²) >= 11 is 1.29. The Kier molecular flexibility index (Phi) is 8.80. The van der Waals surface area contributed by atoms with Crippen molar-refractivity contribution in [1.82, 2.24) is 4.98 Å². The number of esters is 1. The number of carbonyl (C=O) groups is 2. The number of thiazole rings is 1. The third-order valence-electron chi connectivity index (χ3n) is 4.92. The smallest absolute Gasteiger partial charge is 0.311 e. The molecule has 7 heteroatoms. The van der Waals surface area contributed by atoms with Gasteiger partial charge in [-0.3, -0.25) is 14.9 Å². The number of aromatic nitrogens is 1. The lowest BCUT2D eigenvalue weighted by Gasteiger charge is -2.12. The second-order valence-corrected chi connectivity index (χ2v) is 8.25. The number of nitrogens with one attached hydrogen (secondary N) is 2. The summed E-state index contributed by atoms with van der Waals surface area (Å²) in [5.41, 5.74) is 4.72. The van der Waals surface area contributed by atoms with E-state index in [9.17, 15) is 9.59 Å². The quantitative estimate of drug-likeness (QED) is 0.379. The van der Waals surface area contributed by atoms with Gasteiger partial charge in [-0.05, 0) is 49.1 Å². The SMILES string of the molecule is CCCCc1ccccc1NCc1ccc(C(=O)Nc2nc(CC(=O)OCC)cs2)cc1. The fourth-order valence-corrected chi connectivity index (χ4v) is 3.93. The van der Waals surface area contributed by atoms with E-state index in [1.807, 2.05) is 30.3 Å². The minimum Gasteiger partial charge on any atom is -0.466 e. The van der Waals surface area contributed by atoms with Crippen molar-refractivity contribution in [3.8, 4) is 0 Å². The molecule has 0 aliphatic heterocycles. The zero-order valence-electron chi connectivity index (χ0n) is 18.5. The molecule has 0 spiro atoms. The Morgan fingerprint density at radius 2 is 1.84 bits per heavy atom. The zero-order valence-corrected chi connectivity index (χ0v) is 19.3. The van der Waals surface area contributed by atoms with Crippen molar-refractivity contribution in [3.05, 3.63) is 76.3 Å². The van der Waals surface area contributed by atoms with Crippen molar-refractivity contribution >= 4 is 34.0 Å². The molecule has 1 amide bonds. The van der Waals surface area contributed by atoms with Crippen LogP contribution in [0, 0.1) is 0 Å². The maximum absolute atomic E-state index is 12.5. The van der Waals surface area contributed by atoms with Crippen LogP contribution in [0.2, 0.25) is 0 Å². The largest absolute Gasteiger partial charge is 0.466 e. The van der Waals surface area contributed by atoms with Crippen LogP contribution in [0.3, 0.4) is 0 Å². The molecule has 0 saturated carbocycles. The summed E-state index contributed by atoms with van der Waals surface area (Å²) in [6.07, 6.45) is 3.51. The number of benzene rings is 2. The van der Waals surface area contributed by atoms with Gasteiger partial charge in [0.1, 0.15) is 0 Å². The molecule has 2 N–H and O–H groups in total. The Hall–Kier alpha value is -3.19. The van der Waals surface area contributed by atoms with Crippen molar-refractivity contribution in [1.29, 1.82) is 0 Å². The van der Waals surface area contributed by atoms with Gasteiger partial charge in [0.05, 0.1) is 18.7 Å². The highest BCUT2D eigenvalue weighted by Crippen LogP contribution is 2.20. The lowest BCUT2D eigenvalue weighted by atomic mass is 10.1. The van der Waals surface area contributed by atoms with Crippen molar-refractivity contribution in [2.24, 2.45) is 0 Å². The maximum atomic E-state index is 12.5.